The van der Waals surface area contributed by atoms with Gasteiger partial charge in [-0.1, -0.05) is 30.3 Å². The van der Waals surface area contributed by atoms with Gasteiger partial charge >= 0.3 is 0 Å². The van der Waals surface area contributed by atoms with Gasteiger partial charge in [0, 0.05) is 23.9 Å². The lowest BCUT2D eigenvalue weighted by Gasteiger charge is -1.99. The van der Waals surface area contributed by atoms with E-state index < -0.39 is 4.92 Å². The SMILES string of the molecule is O=[N+]([O-])c1ccc(O)c(C=NCc2ccccc2)c1. The third-order valence-corrected chi connectivity index (χ3v) is 2.57. The number of nitro benzene ring substituents is 1. The van der Waals surface area contributed by atoms with Gasteiger partial charge in [0.2, 0.25) is 0 Å². The molecule has 2 rings (SSSR count). The highest BCUT2D eigenvalue weighted by atomic mass is 16.6. The van der Waals surface area contributed by atoms with Crippen LogP contribution in [0.5, 0.6) is 5.75 Å². The standard InChI is InChI=1S/C14H12N2O3/c17-14-7-6-13(16(18)19)8-12(14)10-15-9-11-4-2-1-3-5-11/h1-8,10,17H,9H2. The van der Waals surface area contributed by atoms with E-state index in [9.17, 15) is 15.2 Å². The summed E-state index contributed by atoms with van der Waals surface area (Å²) in [6.07, 6.45) is 1.44. The van der Waals surface area contributed by atoms with Crippen molar-refractivity contribution in [2.45, 2.75) is 6.54 Å². The van der Waals surface area contributed by atoms with Crippen LogP contribution in [0, 0.1) is 10.1 Å². The molecule has 5 heteroatoms. The van der Waals surface area contributed by atoms with Crippen LogP contribution in [0.3, 0.4) is 0 Å². The molecule has 0 aliphatic rings. The molecule has 2 aromatic carbocycles. The van der Waals surface area contributed by atoms with Crippen molar-refractivity contribution in [1.29, 1.82) is 0 Å². The highest BCUT2D eigenvalue weighted by Crippen LogP contribution is 2.21. The summed E-state index contributed by atoms with van der Waals surface area (Å²) in [6, 6.07) is 13.5. The van der Waals surface area contributed by atoms with Crippen molar-refractivity contribution in [3.8, 4) is 5.75 Å². The first-order valence-electron chi connectivity index (χ1n) is 5.68. The summed E-state index contributed by atoms with van der Waals surface area (Å²) in [7, 11) is 0. The Kier molecular flexibility index (Phi) is 3.87. The number of hydrogen-bond acceptors (Lipinski definition) is 4. The van der Waals surface area contributed by atoms with Gasteiger partial charge in [-0.25, -0.2) is 0 Å². The quantitative estimate of drug-likeness (QED) is 0.519. The number of aliphatic imine (C=N–C) groups is 1. The van der Waals surface area contributed by atoms with Crippen LogP contribution in [0.25, 0.3) is 0 Å². The van der Waals surface area contributed by atoms with Gasteiger partial charge in [0.15, 0.2) is 0 Å². The van der Waals surface area contributed by atoms with Gasteiger partial charge in [-0.3, -0.25) is 15.1 Å². The van der Waals surface area contributed by atoms with E-state index in [0.29, 0.717) is 12.1 Å². The lowest BCUT2D eigenvalue weighted by Crippen LogP contribution is -1.91. The summed E-state index contributed by atoms with van der Waals surface area (Å²) >= 11 is 0. The summed E-state index contributed by atoms with van der Waals surface area (Å²) < 4.78 is 0. The predicted octanol–water partition coefficient (Wildman–Crippen LogP) is 2.92. The summed E-state index contributed by atoms with van der Waals surface area (Å²) in [6.45, 7) is 0.461. The molecule has 0 bridgehead atoms. The smallest absolute Gasteiger partial charge is 0.270 e. The zero-order valence-electron chi connectivity index (χ0n) is 10.1. The third-order valence-electron chi connectivity index (χ3n) is 2.57. The molecule has 0 spiro atoms. The maximum Gasteiger partial charge on any atom is 0.270 e. The van der Waals surface area contributed by atoms with E-state index in [1.54, 1.807) is 0 Å². The lowest BCUT2D eigenvalue weighted by atomic mass is 10.2. The number of non-ortho nitro benzene ring substituents is 1. The predicted molar refractivity (Wildman–Crippen MR) is 72.5 cm³/mol. The Bertz CT molecular complexity index is 609. The molecule has 2 aromatic rings. The summed E-state index contributed by atoms with van der Waals surface area (Å²) in [5.41, 5.74) is 1.30. The molecule has 5 nitrogen and oxygen atoms in total. The molecule has 0 aliphatic heterocycles. The molecule has 0 unspecified atom stereocenters. The van der Waals surface area contributed by atoms with Gasteiger partial charge in [-0.05, 0) is 11.6 Å². The first kappa shape index (κ1) is 12.8. The highest BCUT2D eigenvalue weighted by molar-refractivity contribution is 5.84. The van der Waals surface area contributed by atoms with Crippen molar-refractivity contribution in [1.82, 2.24) is 0 Å². The maximum absolute atomic E-state index is 10.6. The second-order valence-corrected chi connectivity index (χ2v) is 3.96. The number of phenolic OH excluding ortho intramolecular Hbond substituents is 1. The third kappa shape index (κ3) is 3.38. The van der Waals surface area contributed by atoms with Crippen LogP contribution >= 0.6 is 0 Å². The Morgan fingerprint density at radius 3 is 2.63 bits per heavy atom. The van der Waals surface area contributed by atoms with E-state index in [1.807, 2.05) is 30.3 Å². The molecule has 0 aliphatic carbocycles. The zero-order chi connectivity index (χ0) is 13.7. The maximum atomic E-state index is 10.6. The Labute approximate surface area is 110 Å². The van der Waals surface area contributed by atoms with E-state index >= 15 is 0 Å². The minimum absolute atomic E-state index is 0.0255. The molecule has 0 radical (unpaired) electrons. The normalized spacial score (nSPS) is 10.7. The van der Waals surface area contributed by atoms with E-state index in [0.717, 1.165) is 5.56 Å². The molecule has 0 aromatic heterocycles. The fourth-order valence-electron chi connectivity index (χ4n) is 1.59. The average Bonchev–Trinajstić information content (AvgIpc) is 2.42. The summed E-state index contributed by atoms with van der Waals surface area (Å²) in [4.78, 5) is 14.3. The summed E-state index contributed by atoms with van der Waals surface area (Å²) in [5.74, 6) is -0.0255. The second kappa shape index (κ2) is 5.77. The molecule has 1 N–H and O–H groups in total. The van der Waals surface area contributed by atoms with E-state index in [4.69, 9.17) is 0 Å². The van der Waals surface area contributed by atoms with Gasteiger partial charge in [0.05, 0.1) is 11.5 Å². The highest BCUT2D eigenvalue weighted by Gasteiger charge is 2.08. The zero-order valence-corrected chi connectivity index (χ0v) is 10.1. The van der Waals surface area contributed by atoms with Crippen LogP contribution in [0.4, 0.5) is 5.69 Å². The molecule has 0 amide bonds. The van der Waals surface area contributed by atoms with Crippen molar-refractivity contribution >= 4 is 11.9 Å². The number of nitro groups is 1. The summed E-state index contributed by atoms with van der Waals surface area (Å²) in [5, 5.41) is 20.2. The van der Waals surface area contributed by atoms with Gasteiger partial charge in [0.25, 0.3) is 5.69 Å². The van der Waals surface area contributed by atoms with Crippen LogP contribution < -0.4 is 0 Å². The topological polar surface area (TPSA) is 75.7 Å². The number of nitrogens with zero attached hydrogens (tertiary/aromatic N) is 2. The molecule has 0 fully saturated rings. The minimum Gasteiger partial charge on any atom is -0.507 e. The van der Waals surface area contributed by atoms with Crippen LogP contribution in [-0.2, 0) is 6.54 Å². The van der Waals surface area contributed by atoms with E-state index in [-0.39, 0.29) is 11.4 Å². The second-order valence-electron chi connectivity index (χ2n) is 3.96. The van der Waals surface area contributed by atoms with Crippen LogP contribution in [0.15, 0.2) is 53.5 Å². The Morgan fingerprint density at radius 2 is 1.95 bits per heavy atom. The monoisotopic (exact) mass is 256 g/mol. The van der Waals surface area contributed by atoms with Crippen LogP contribution in [0.1, 0.15) is 11.1 Å². The van der Waals surface area contributed by atoms with Crippen LogP contribution in [0.2, 0.25) is 0 Å². The number of hydrogen-bond donors (Lipinski definition) is 1. The van der Waals surface area contributed by atoms with Gasteiger partial charge < -0.3 is 5.11 Å². The average molecular weight is 256 g/mol. The van der Waals surface area contributed by atoms with Crippen molar-refractivity contribution in [2.75, 3.05) is 0 Å². The first-order valence-corrected chi connectivity index (χ1v) is 5.68. The molecule has 19 heavy (non-hydrogen) atoms. The number of rotatable bonds is 4. The molecular weight excluding hydrogens is 244 g/mol. The number of phenols is 1. The Hall–Kier alpha value is -2.69. The molecule has 0 atom stereocenters. The fraction of sp³-hybridized carbons (Fsp3) is 0.0714. The van der Waals surface area contributed by atoms with E-state index in [1.165, 1.54) is 24.4 Å². The molecular formula is C14H12N2O3. The minimum atomic E-state index is -0.506. The van der Waals surface area contributed by atoms with E-state index in [2.05, 4.69) is 4.99 Å². The fourth-order valence-corrected chi connectivity index (χ4v) is 1.59. The molecule has 0 heterocycles. The number of aromatic hydroxyl groups is 1. The van der Waals surface area contributed by atoms with Crippen molar-refractivity contribution < 1.29 is 10.0 Å². The van der Waals surface area contributed by atoms with Crippen molar-refractivity contribution in [3.05, 3.63) is 69.8 Å². The lowest BCUT2D eigenvalue weighted by molar-refractivity contribution is -0.384. The van der Waals surface area contributed by atoms with Crippen molar-refractivity contribution in [2.24, 2.45) is 4.99 Å². The Balaban J connectivity index is 2.14. The van der Waals surface area contributed by atoms with Crippen LogP contribution in [-0.4, -0.2) is 16.2 Å². The first-order chi connectivity index (χ1) is 9.16. The molecule has 96 valence electrons. The number of benzene rings is 2. The largest absolute Gasteiger partial charge is 0.507 e. The van der Waals surface area contributed by atoms with Gasteiger partial charge in [-0.2, -0.15) is 0 Å². The van der Waals surface area contributed by atoms with Crippen molar-refractivity contribution in [3.63, 3.8) is 0 Å². The molecule has 0 saturated heterocycles. The van der Waals surface area contributed by atoms with Gasteiger partial charge in [-0.15, -0.1) is 0 Å². The Morgan fingerprint density at radius 1 is 1.21 bits per heavy atom. The molecule has 0 saturated carbocycles. The van der Waals surface area contributed by atoms with Gasteiger partial charge in [0.1, 0.15) is 5.75 Å².